The number of ether oxygens (including phenoxy) is 2. The zero-order chi connectivity index (χ0) is 32.6. The molecule has 0 bridgehead atoms. The number of anilines is 1. The summed E-state index contributed by atoms with van der Waals surface area (Å²) in [5.74, 6) is 0.552. The number of nitrogens with zero attached hydrogens (tertiary/aromatic N) is 4. The van der Waals surface area contributed by atoms with Crippen molar-refractivity contribution in [1.82, 2.24) is 14.8 Å². The minimum absolute atomic E-state index is 0.0442. The summed E-state index contributed by atoms with van der Waals surface area (Å²) in [4.78, 5) is 22.2. The van der Waals surface area contributed by atoms with Gasteiger partial charge in [0.25, 0.3) is 10.0 Å². The number of piperidine rings is 1. The standard InChI is InChI=1S/C36H48N4O5S/c1-29-26-33(44-3)27-30(2)35(29)46(42,43)40(32-10-5-4-6-11-32)24-25-45-28-34(41)39-22-15-36(16-23-39,31-12-17-37-18-13-31)14-9-21-38-19-7-8-20-38/h4-6,10-13,17-18,26-27H,7-9,14-16,19-25,28H2,1-3H3. The van der Waals surface area contributed by atoms with Crippen molar-refractivity contribution in [2.45, 2.75) is 62.7 Å². The van der Waals surface area contributed by atoms with E-state index in [1.165, 1.54) is 35.8 Å². The predicted molar refractivity (Wildman–Crippen MR) is 181 cm³/mol. The number of pyridine rings is 1. The van der Waals surface area contributed by atoms with Crippen LogP contribution in [0, 0.1) is 13.8 Å². The van der Waals surface area contributed by atoms with Gasteiger partial charge in [-0.2, -0.15) is 0 Å². The first-order chi connectivity index (χ1) is 22.2. The minimum Gasteiger partial charge on any atom is -0.497 e. The van der Waals surface area contributed by atoms with Crippen molar-refractivity contribution in [3.63, 3.8) is 0 Å². The summed E-state index contributed by atoms with van der Waals surface area (Å²) in [7, 11) is -2.35. The van der Waals surface area contributed by atoms with Crippen LogP contribution in [0.4, 0.5) is 5.69 Å². The van der Waals surface area contributed by atoms with E-state index in [4.69, 9.17) is 9.47 Å². The highest BCUT2D eigenvalue weighted by Gasteiger charge is 2.37. The molecule has 0 saturated carbocycles. The maximum Gasteiger partial charge on any atom is 0.264 e. The van der Waals surface area contributed by atoms with E-state index in [-0.39, 0.29) is 36.0 Å². The number of benzene rings is 2. The molecule has 248 valence electrons. The Morgan fingerprint density at radius 2 is 1.61 bits per heavy atom. The molecule has 2 fully saturated rings. The lowest BCUT2D eigenvalue weighted by Crippen LogP contribution is -2.46. The number of rotatable bonds is 14. The summed E-state index contributed by atoms with van der Waals surface area (Å²) >= 11 is 0. The molecule has 1 aromatic heterocycles. The van der Waals surface area contributed by atoms with Gasteiger partial charge in [0.2, 0.25) is 5.91 Å². The number of sulfonamides is 1. The number of carbonyl (C=O) groups excluding carboxylic acids is 1. The molecule has 0 atom stereocenters. The van der Waals surface area contributed by atoms with Crippen LogP contribution in [-0.2, 0) is 25.0 Å². The number of hydrogen-bond acceptors (Lipinski definition) is 7. The number of aryl methyl sites for hydroxylation is 2. The molecule has 2 aliphatic heterocycles. The summed E-state index contributed by atoms with van der Waals surface area (Å²) in [6, 6.07) is 16.7. The average molecular weight is 649 g/mol. The normalized spacial score (nSPS) is 16.8. The first kappa shape index (κ1) is 33.9. The van der Waals surface area contributed by atoms with E-state index in [0.29, 0.717) is 35.7 Å². The number of carbonyl (C=O) groups is 1. The van der Waals surface area contributed by atoms with E-state index in [1.54, 1.807) is 45.2 Å². The van der Waals surface area contributed by atoms with Crippen molar-refractivity contribution in [2.75, 3.05) is 63.9 Å². The minimum atomic E-state index is -3.92. The Bertz CT molecular complexity index is 1510. The number of aromatic nitrogens is 1. The molecule has 5 rings (SSSR count). The SMILES string of the molecule is COc1cc(C)c(S(=O)(=O)N(CCOCC(=O)N2CCC(CCCN3CCCC3)(c3ccncc3)CC2)c2ccccc2)c(C)c1. The molecule has 0 unspecified atom stereocenters. The van der Waals surface area contributed by atoms with Crippen molar-refractivity contribution in [3.8, 4) is 5.75 Å². The molecule has 10 heteroatoms. The molecule has 0 N–H and O–H groups in total. The Balaban J connectivity index is 1.19. The zero-order valence-electron chi connectivity index (χ0n) is 27.5. The molecule has 1 amide bonds. The largest absolute Gasteiger partial charge is 0.497 e. The van der Waals surface area contributed by atoms with Crippen molar-refractivity contribution in [2.24, 2.45) is 0 Å². The average Bonchev–Trinajstić information content (AvgIpc) is 3.58. The third-order valence-electron chi connectivity index (χ3n) is 9.62. The molecule has 0 radical (unpaired) electrons. The van der Waals surface area contributed by atoms with Crippen LogP contribution in [0.3, 0.4) is 0 Å². The first-order valence-corrected chi connectivity index (χ1v) is 17.9. The Labute approximate surface area is 274 Å². The number of methoxy groups -OCH3 is 1. The zero-order valence-corrected chi connectivity index (χ0v) is 28.3. The molecule has 3 heterocycles. The molecule has 2 saturated heterocycles. The number of likely N-dealkylation sites (tertiary alicyclic amines) is 2. The van der Waals surface area contributed by atoms with Crippen LogP contribution in [0.15, 0.2) is 71.9 Å². The number of para-hydroxylation sites is 1. The van der Waals surface area contributed by atoms with Gasteiger partial charge in [0.15, 0.2) is 0 Å². The Morgan fingerprint density at radius 3 is 2.24 bits per heavy atom. The van der Waals surface area contributed by atoms with Gasteiger partial charge in [-0.15, -0.1) is 0 Å². The summed E-state index contributed by atoms with van der Waals surface area (Å²) < 4.78 is 40.6. The van der Waals surface area contributed by atoms with Gasteiger partial charge < -0.3 is 19.3 Å². The molecule has 46 heavy (non-hydrogen) atoms. The van der Waals surface area contributed by atoms with E-state index in [0.717, 1.165) is 32.2 Å². The van der Waals surface area contributed by atoms with Gasteiger partial charge in [0.05, 0.1) is 30.8 Å². The van der Waals surface area contributed by atoms with Gasteiger partial charge in [-0.1, -0.05) is 18.2 Å². The second-order valence-corrected chi connectivity index (χ2v) is 14.4. The van der Waals surface area contributed by atoms with Gasteiger partial charge in [0.1, 0.15) is 12.4 Å². The molecule has 0 spiro atoms. The third-order valence-corrected chi connectivity index (χ3v) is 11.8. The smallest absolute Gasteiger partial charge is 0.264 e. The van der Waals surface area contributed by atoms with Gasteiger partial charge in [0, 0.05) is 25.5 Å². The molecular weight excluding hydrogens is 600 g/mol. The molecule has 9 nitrogen and oxygen atoms in total. The summed E-state index contributed by atoms with van der Waals surface area (Å²) in [6.07, 6.45) is 10.4. The van der Waals surface area contributed by atoms with Crippen LogP contribution in [0.5, 0.6) is 5.75 Å². The van der Waals surface area contributed by atoms with Crippen LogP contribution in [0.1, 0.15) is 55.2 Å². The van der Waals surface area contributed by atoms with E-state index < -0.39 is 10.0 Å². The topological polar surface area (TPSA) is 92.3 Å². The maximum atomic E-state index is 14.0. The van der Waals surface area contributed by atoms with Crippen LogP contribution in [0.25, 0.3) is 0 Å². The van der Waals surface area contributed by atoms with Gasteiger partial charge in [-0.05, 0) is 131 Å². The molecule has 3 aromatic rings. The van der Waals surface area contributed by atoms with E-state index in [1.807, 2.05) is 35.5 Å². The van der Waals surface area contributed by atoms with Crippen molar-refractivity contribution >= 4 is 21.6 Å². The van der Waals surface area contributed by atoms with Crippen LogP contribution in [0.2, 0.25) is 0 Å². The summed E-state index contributed by atoms with van der Waals surface area (Å²) in [5, 5.41) is 0. The van der Waals surface area contributed by atoms with E-state index in [9.17, 15) is 13.2 Å². The highest BCUT2D eigenvalue weighted by molar-refractivity contribution is 7.93. The lowest BCUT2D eigenvalue weighted by Gasteiger charge is -2.42. The fraction of sp³-hybridized carbons (Fsp3) is 0.500. The highest BCUT2D eigenvalue weighted by atomic mass is 32.2. The van der Waals surface area contributed by atoms with E-state index in [2.05, 4.69) is 22.0 Å². The van der Waals surface area contributed by atoms with Crippen molar-refractivity contribution in [1.29, 1.82) is 0 Å². The maximum absolute atomic E-state index is 14.0. The number of amides is 1. The van der Waals surface area contributed by atoms with Gasteiger partial charge in [-0.25, -0.2) is 8.42 Å². The molecule has 0 aliphatic carbocycles. The summed E-state index contributed by atoms with van der Waals surface area (Å²) in [6.45, 7) is 8.53. The first-order valence-electron chi connectivity index (χ1n) is 16.4. The summed E-state index contributed by atoms with van der Waals surface area (Å²) in [5.41, 5.74) is 3.12. The van der Waals surface area contributed by atoms with Crippen LogP contribution >= 0.6 is 0 Å². The fourth-order valence-electron chi connectivity index (χ4n) is 7.15. The van der Waals surface area contributed by atoms with Crippen LogP contribution < -0.4 is 9.04 Å². The Kier molecular flexibility index (Phi) is 11.4. The molecule has 2 aliphatic rings. The third kappa shape index (κ3) is 7.90. The quantitative estimate of drug-likeness (QED) is 0.218. The second-order valence-electron chi connectivity index (χ2n) is 12.6. The van der Waals surface area contributed by atoms with Crippen molar-refractivity contribution in [3.05, 3.63) is 83.7 Å². The molecular formula is C36H48N4O5S. The predicted octanol–water partition coefficient (Wildman–Crippen LogP) is 5.36. The van der Waals surface area contributed by atoms with E-state index >= 15 is 0 Å². The Hall–Kier alpha value is -3.47. The Morgan fingerprint density at radius 1 is 0.957 bits per heavy atom. The molecule has 2 aromatic carbocycles. The van der Waals surface area contributed by atoms with Crippen molar-refractivity contribution < 1.29 is 22.7 Å². The lowest BCUT2D eigenvalue weighted by atomic mass is 9.70. The lowest BCUT2D eigenvalue weighted by molar-refractivity contribution is -0.137. The van der Waals surface area contributed by atoms with Gasteiger partial charge in [-0.3, -0.25) is 14.1 Å². The monoisotopic (exact) mass is 648 g/mol. The van der Waals surface area contributed by atoms with Gasteiger partial charge >= 0.3 is 0 Å². The second kappa shape index (κ2) is 15.4. The fourth-order valence-corrected chi connectivity index (χ4v) is 9.01. The van der Waals surface area contributed by atoms with Crippen LogP contribution in [-0.4, -0.2) is 88.7 Å². The highest BCUT2D eigenvalue weighted by Crippen LogP contribution is 2.40. The number of hydrogen-bond donors (Lipinski definition) is 0.